The molecule has 0 aliphatic heterocycles. The molecule has 78 valence electrons. The summed E-state index contributed by atoms with van der Waals surface area (Å²) in [6.07, 6.45) is 0.407. The lowest BCUT2D eigenvalue weighted by Gasteiger charge is -2.04. The second kappa shape index (κ2) is 4.99. The van der Waals surface area contributed by atoms with Crippen LogP contribution in [0.4, 0.5) is 5.69 Å². The van der Waals surface area contributed by atoms with E-state index in [-0.39, 0.29) is 11.7 Å². The average molecular weight is 204 g/mol. The molecule has 0 spiro atoms. The Bertz CT molecular complexity index is 400. The molecule has 0 aliphatic rings. The maximum atomic E-state index is 11.1. The molecule has 1 amide bonds. The highest BCUT2D eigenvalue weighted by Crippen LogP contribution is 2.11. The van der Waals surface area contributed by atoms with Crippen LogP contribution in [-0.4, -0.2) is 11.7 Å². The SMILES string of the molecule is CCC(=O)Nc1cccc(C(=N)N=N)c1. The average Bonchev–Trinajstić information content (AvgIpc) is 2.28. The molecule has 0 atom stereocenters. The summed E-state index contributed by atoms with van der Waals surface area (Å²) in [4.78, 5) is 11.1. The quantitative estimate of drug-likeness (QED) is 0.394. The monoisotopic (exact) mass is 204 g/mol. The Morgan fingerprint density at radius 1 is 1.53 bits per heavy atom. The fraction of sp³-hybridized carbons (Fsp3) is 0.200. The van der Waals surface area contributed by atoms with Gasteiger partial charge in [-0.3, -0.25) is 10.2 Å². The van der Waals surface area contributed by atoms with E-state index < -0.39 is 0 Å². The Morgan fingerprint density at radius 3 is 2.87 bits per heavy atom. The van der Waals surface area contributed by atoms with Gasteiger partial charge in [0.15, 0.2) is 5.84 Å². The Kier molecular flexibility index (Phi) is 3.68. The number of nitrogens with zero attached hydrogens (tertiary/aromatic N) is 1. The number of rotatable bonds is 3. The molecule has 15 heavy (non-hydrogen) atoms. The van der Waals surface area contributed by atoms with Gasteiger partial charge in [-0.1, -0.05) is 19.1 Å². The molecule has 1 rings (SSSR count). The first-order chi connectivity index (χ1) is 7.17. The number of carbonyl (C=O) groups is 1. The van der Waals surface area contributed by atoms with E-state index in [4.69, 9.17) is 10.9 Å². The molecule has 0 bridgehead atoms. The minimum absolute atomic E-state index is 0.0820. The van der Waals surface area contributed by atoms with Crippen molar-refractivity contribution in [2.24, 2.45) is 5.11 Å². The van der Waals surface area contributed by atoms with E-state index in [1.54, 1.807) is 31.2 Å². The minimum atomic E-state index is -0.123. The molecule has 5 nitrogen and oxygen atoms in total. The summed E-state index contributed by atoms with van der Waals surface area (Å²) in [6.45, 7) is 1.76. The number of amidine groups is 1. The standard InChI is InChI=1S/C10H12N4O/c1-2-9(15)13-8-5-3-4-7(6-8)10(11)14-12/h3-6,11-12H,2H2,1H3,(H,13,15). The van der Waals surface area contributed by atoms with Crippen molar-refractivity contribution in [3.63, 3.8) is 0 Å². The van der Waals surface area contributed by atoms with Gasteiger partial charge < -0.3 is 5.32 Å². The van der Waals surface area contributed by atoms with E-state index >= 15 is 0 Å². The third-order valence-electron chi connectivity index (χ3n) is 1.85. The van der Waals surface area contributed by atoms with Gasteiger partial charge in [0, 0.05) is 17.7 Å². The summed E-state index contributed by atoms with van der Waals surface area (Å²) in [5, 5.41) is 13.0. The van der Waals surface area contributed by atoms with E-state index in [1.807, 2.05) is 0 Å². The third kappa shape index (κ3) is 2.98. The zero-order chi connectivity index (χ0) is 11.3. The molecule has 0 saturated heterocycles. The van der Waals surface area contributed by atoms with E-state index in [0.717, 1.165) is 0 Å². The van der Waals surface area contributed by atoms with Crippen molar-refractivity contribution >= 4 is 17.4 Å². The molecule has 5 heteroatoms. The number of anilines is 1. The van der Waals surface area contributed by atoms with E-state index in [9.17, 15) is 4.79 Å². The number of nitrogens with one attached hydrogen (secondary N) is 3. The van der Waals surface area contributed by atoms with E-state index in [2.05, 4.69) is 10.4 Å². The second-order valence-corrected chi connectivity index (χ2v) is 2.94. The minimum Gasteiger partial charge on any atom is -0.326 e. The van der Waals surface area contributed by atoms with Crippen LogP contribution in [0, 0.1) is 10.9 Å². The summed E-state index contributed by atoms with van der Waals surface area (Å²) >= 11 is 0. The van der Waals surface area contributed by atoms with Crippen LogP contribution >= 0.6 is 0 Å². The van der Waals surface area contributed by atoms with Crippen LogP contribution < -0.4 is 5.32 Å². The summed E-state index contributed by atoms with van der Waals surface area (Å²) in [6, 6.07) is 6.73. The topological polar surface area (TPSA) is 89.2 Å². The molecule has 0 aliphatic carbocycles. The van der Waals surface area contributed by atoms with Gasteiger partial charge in [-0.2, -0.15) is 0 Å². The molecular weight excluding hydrogens is 192 g/mol. The molecule has 0 fully saturated rings. The predicted molar refractivity (Wildman–Crippen MR) is 57.3 cm³/mol. The van der Waals surface area contributed by atoms with Crippen molar-refractivity contribution in [3.05, 3.63) is 29.8 Å². The van der Waals surface area contributed by atoms with Crippen LogP contribution in [0.3, 0.4) is 0 Å². The van der Waals surface area contributed by atoms with Gasteiger partial charge in [0.2, 0.25) is 5.91 Å². The first-order valence-electron chi connectivity index (χ1n) is 4.53. The number of amides is 1. The molecule has 3 N–H and O–H groups in total. The fourth-order valence-electron chi connectivity index (χ4n) is 1.06. The fourth-order valence-corrected chi connectivity index (χ4v) is 1.06. The third-order valence-corrected chi connectivity index (χ3v) is 1.85. The lowest BCUT2D eigenvalue weighted by atomic mass is 10.2. The van der Waals surface area contributed by atoms with Crippen LogP contribution in [0.1, 0.15) is 18.9 Å². The highest BCUT2D eigenvalue weighted by Gasteiger charge is 2.02. The highest BCUT2D eigenvalue weighted by molar-refractivity contribution is 5.98. The van der Waals surface area contributed by atoms with Gasteiger partial charge in [0.1, 0.15) is 0 Å². The maximum Gasteiger partial charge on any atom is 0.224 e. The first-order valence-corrected chi connectivity index (χ1v) is 4.53. The van der Waals surface area contributed by atoms with Crippen LogP contribution in [-0.2, 0) is 4.79 Å². The zero-order valence-electron chi connectivity index (χ0n) is 8.37. The van der Waals surface area contributed by atoms with Crippen molar-refractivity contribution in [3.8, 4) is 0 Å². The van der Waals surface area contributed by atoms with Gasteiger partial charge in [0.05, 0.1) is 0 Å². The first kappa shape index (κ1) is 11.0. The van der Waals surface area contributed by atoms with Gasteiger partial charge in [-0.15, -0.1) is 5.11 Å². The molecule has 0 radical (unpaired) electrons. The zero-order valence-corrected chi connectivity index (χ0v) is 8.37. The normalized spacial score (nSPS) is 9.40. The smallest absolute Gasteiger partial charge is 0.224 e. The number of hydrogen-bond donors (Lipinski definition) is 3. The number of carbonyl (C=O) groups excluding carboxylic acids is 1. The molecular formula is C10H12N4O. The Balaban J connectivity index is 2.87. The number of hydrogen-bond acceptors (Lipinski definition) is 3. The lowest BCUT2D eigenvalue weighted by Crippen LogP contribution is -2.09. The summed E-state index contributed by atoms with van der Waals surface area (Å²) in [7, 11) is 0. The summed E-state index contributed by atoms with van der Waals surface area (Å²) in [5.41, 5.74) is 7.84. The maximum absolute atomic E-state index is 11.1. The summed E-state index contributed by atoms with van der Waals surface area (Å²) in [5.74, 6) is -0.205. The van der Waals surface area contributed by atoms with Gasteiger partial charge in [-0.25, -0.2) is 5.53 Å². The predicted octanol–water partition coefficient (Wildman–Crippen LogP) is 2.39. The van der Waals surface area contributed by atoms with E-state index in [1.165, 1.54) is 0 Å². The van der Waals surface area contributed by atoms with Crippen molar-refractivity contribution in [2.45, 2.75) is 13.3 Å². The molecule has 0 heterocycles. The van der Waals surface area contributed by atoms with Crippen molar-refractivity contribution in [1.29, 1.82) is 10.9 Å². The molecule has 0 aromatic heterocycles. The molecule has 0 saturated carbocycles. The van der Waals surface area contributed by atoms with Crippen LogP contribution in [0.5, 0.6) is 0 Å². The van der Waals surface area contributed by atoms with Gasteiger partial charge >= 0.3 is 0 Å². The Morgan fingerprint density at radius 2 is 2.27 bits per heavy atom. The second-order valence-electron chi connectivity index (χ2n) is 2.94. The van der Waals surface area contributed by atoms with Gasteiger partial charge in [-0.05, 0) is 12.1 Å². The highest BCUT2D eigenvalue weighted by atomic mass is 16.1. The Hall–Kier alpha value is -2.04. The van der Waals surface area contributed by atoms with Gasteiger partial charge in [0.25, 0.3) is 0 Å². The van der Waals surface area contributed by atoms with Crippen LogP contribution in [0.25, 0.3) is 0 Å². The van der Waals surface area contributed by atoms with Crippen molar-refractivity contribution in [1.82, 2.24) is 0 Å². The molecule has 1 aromatic rings. The number of benzene rings is 1. The van der Waals surface area contributed by atoms with Crippen LogP contribution in [0.2, 0.25) is 0 Å². The van der Waals surface area contributed by atoms with Crippen molar-refractivity contribution in [2.75, 3.05) is 5.32 Å². The largest absolute Gasteiger partial charge is 0.326 e. The van der Waals surface area contributed by atoms with E-state index in [0.29, 0.717) is 17.7 Å². The van der Waals surface area contributed by atoms with Crippen molar-refractivity contribution < 1.29 is 4.79 Å². The summed E-state index contributed by atoms with van der Waals surface area (Å²) < 4.78 is 0. The molecule has 1 aromatic carbocycles. The lowest BCUT2D eigenvalue weighted by molar-refractivity contribution is -0.115. The van der Waals surface area contributed by atoms with Crippen LogP contribution in [0.15, 0.2) is 29.4 Å². The Labute approximate surface area is 87.5 Å². The molecule has 0 unspecified atom stereocenters.